The molecule has 6 nitrogen and oxygen atoms in total. The molecule has 0 saturated heterocycles. The first-order chi connectivity index (χ1) is 17.4. The highest BCUT2D eigenvalue weighted by atomic mass is 16.5. The van der Waals surface area contributed by atoms with E-state index in [0.29, 0.717) is 23.0 Å². The van der Waals surface area contributed by atoms with E-state index in [1.807, 2.05) is 12.1 Å². The lowest BCUT2D eigenvalue weighted by Crippen LogP contribution is -2.17. The van der Waals surface area contributed by atoms with Gasteiger partial charge in [0.15, 0.2) is 0 Å². The number of methoxy groups -OCH3 is 3. The second-order valence-corrected chi connectivity index (χ2v) is 11.6. The molecule has 2 aliphatic rings. The van der Waals surface area contributed by atoms with Gasteiger partial charge in [0.05, 0.1) is 32.5 Å². The normalized spacial score (nSPS) is 21.5. The summed E-state index contributed by atoms with van der Waals surface area (Å²) in [5.41, 5.74) is 3.54. The maximum Gasteiger partial charge on any atom is 0.337 e. The smallest absolute Gasteiger partial charge is 0.337 e. The van der Waals surface area contributed by atoms with E-state index in [2.05, 4.69) is 27.7 Å². The van der Waals surface area contributed by atoms with Gasteiger partial charge in [-0.25, -0.2) is 9.59 Å². The van der Waals surface area contributed by atoms with Crippen molar-refractivity contribution < 1.29 is 28.9 Å². The van der Waals surface area contributed by atoms with Crippen LogP contribution in [-0.4, -0.2) is 38.4 Å². The molecule has 0 radical (unpaired) electrons. The average molecular weight is 511 g/mol. The van der Waals surface area contributed by atoms with Gasteiger partial charge in [0.2, 0.25) is 0 Å². The maximum atomic E-state index is 11.7. The molecule has 2 atom stereocenters. The van der Waals surface area contributed by atoms with Gasteiger partial charge < -0.3 is 19.3 Å². The zero-order chi connectivity index (χ0) is 27.4. The summed E-state index contributed by atoms with van der Waals surface area (Å²) in [6.45, 7) is 9.01. The predicted molar refractivity (Wildman–Crippen MR) is 145 cm³/mol. The highest BCUT2D eigenvalue weighted by Gasteiger charge is 2.38. The Balaban J connectivity index is 0.000000206. The first-order valence-electron chi connectivity index (χ1n) is 13.1. The van der Waals surface area contributed by atoms with E-state index < -0.39 is 0 Å². The third-order valence-electron chi connectivity index (χ3n) is 8.36. The van der Waals surface area contributed by atoms with Gasteiger partial charge in [-0.1, -0.05) is 40.5 Å². The van der Waals surface area contributed by atoms with Crippen molar-refractivity contribution in [3.63, 3.8) is 0 Å². The molecule has 1 N–H and O–H groups in total. The molecule has 4 rings (SSSR count). The largest absolute Gasteiger partial charge is 0.508 e. The fraction of sp³-hybridized carbons (Fsp3) is 0.548. The van der Waals surface area contributed by atoms with Crippen molar-refractivity contribution in [2.24, 2.45) is 10.8 Å². The van der Waals surface area contributed by atoms with Gasteiger partial charge in [0, 0.05) is 0 Å². The summed E-state index contributed by atoms with van der Waals surface area (Å²) >= 11 is 0. The van der Waals surface area contributed by atoms with Crippen LogP contribution in [0.3, 0.4) is 0 Å². The number of carbonyl (C=O) groups is 2. The number of hydrogen-bond donors (Lipinski definition) is 1. The number of benzene rings is 2. The Morgan fingerprint density at radius 2 is 1.22 bits per heavy atom. The van der Waals surface area contributed by atoms with Crippen LogP contribution >= 0.6 is 0 Å². The monoisotopic (exact) mass is 510 g/mol. The lowest BCUT2D eigenvalue weighted by Gasteiger charge is -2.28. The average Bonchev–Trinajstić information content (AvgIpc) is 3.42. The maximum absolute atomic E-state index is 11.7. The van der Waals surface area contributed by atoms with E-state index in [1.54, 1.807) is 31.4 Å². The predicted octanol–water partition coefficient (Wildman–Crippen LogP) is 7.25. The minimum absolute atomic E-state index is 0.173. The van der Waals surface area contributed by atoms with Crippen LogP contribution in [-0.2, 0) is 9.47 Å². The quantitative estimate of drug-likeness (QED) is 0.427. The van der Waals surface area contributed by atoms with Crippen molar-refractivity contribution in [3.05, 3.63) is 58.7 Å². The van der Waals surface area contributed by atoms with Gasteiger partial charge in [0.1, 0.15) is 11.5 Å². The van der Waals surface area contributed by atoms with E-state index in [1.165, 1.54) is 33.5 Å². The standard InChI is InChI=1S/C16H22O3.C15H20O3/c1-16(2)9-5-6-13(16)12-10-11(15(17)19-4)7-8-14(12)18-3;1-15(2)8-4-5-12(15)11-9-10(14(17)18-3)6-7-13(11)16/h7-8,10,13H,5-6,9H2,1-4H3;6-7,9,12,16H,4-5,8H2,1-3H3/t13-;12-/m00/s1. The summed E-state index contributed by atoms with van der Waals surface area (Å²) in [5, 5.41) is 10.0. The highest BCUT2D eigenvalue weighted by Crippen LogP contribution is 2.52. The minimum Gasteiger partial charge on any atom is -0.508 e. The zero-order valence-electron chi connectivity index (χ0n) is 23.3. The third-order valence-corrected chi connectivity index (χ3v) is 8.36. The number of ether oxygens (including phenoxy) is 3. The molecule has 0 spiro atoms. The Morgan fingerprint density at radius 3 is 1.65 bits per heavy atom. The number of rotatable bonds is 5. The summed E-state index contributed by atoms with van der Waals surface area (Å²) in [5.74, 6) is 1.25. The number of phenolic OH excluding ortho intramolecular Hbond substituents is 1. The fourth-order valence-electron chi connectivity index (χ4n) is 6.14. The lowest BCUT2D eigenvalue weighted by molar-refractivity contribution is 0.0591. The van der Waals surface area contributed by atoms with Crippen LogP contribution in [0.5, 0.6) is 11.5 Å². The van der Waals surface area contributed by atoms with Crippen LogP contribution in [0.25, 0.3) is 0 Å². The number of esters is 2. The molecule has 37 heavy (non-hydrogen) atoms. The van der Waals surface area contributed by atoms with E-state index in [4.69, 9.17) is 14.2 Å². The van der Waals surface area contributed by atoms with Gasteiger partial charge >= 0.3 is 11.9 Å². The summed E-state index contributed by atoms with van der Waals surface area (Å²) in [6.07, 6.45) is 6.96. The highest BCUT2D eigenvalue weighted by molar-refractivity contribution is 5.90. The second-order valence-electron chi connectivity index (χ2n) is 11.6. The Labute approximate surface area is 221 Å². The van der Waals surface area contributed by atoms with E-state index in [-0.39, 0.29) is 28.5 Å². The molecule has 202 valence electrons. The first-order valence-corrected chi connectivity index (χ1v) is 13.1. The minimum atomic E-state index is -0.355. The fourth-order valence-corrected chi connectivity index (χ4v) is 6.14. The van der Waals surface area contributed by atoms with Crippen LogP contribution in [0.1, 0.15) is 110 Å². The van der Waals surface area contributed by atoms with Gasteiger partial charge in [0.25, 0.3) is 0 Å². The summed E-state index contributed by atoms with van der Waals surface area (Å²) in [4.78, 5) is 23.2. The zero-order valence-corrected chi connectivity index (χ0v) is 23.3. The van der Waals surface area contributed by atoms with Gasteiger partial charge in [-0.05, 0) is 95.9 Å². The molecule has 0 heterocycles. The van der Waals surface area contributed by atoms with Crippen molar-refractivity contribution >= 4 is 11.9 Å². The number of hydrogen-bond acceptors (Lipinski definition) is 6. The molecular weight excluding hydrogens is 468 g/mol. The van der Waals surface area contributed by atoms with Crippen LogP contribution in [0, 0.1) is 10.8 Å². The Hall–Kier alpha value is -3.02. The molecule has 2 aliphatic carbocycles. The van der Waals surface area contributed by atoms with Gasteiger partial charge in [-0.3, -0.25) is 0 Å². The summed E-state index contributed by atoms with van der Waals surface area (Å²) < 4.78 is 15.0. The molecule has 0 unspecified atom stereocenters. The Morgan fingerprint density at radius 1 is 0.757 bits per heavy atom. The van der Waals surface area contributed by atoms with E-state index >= 15 is 0 Å². The van der Waals surface area contributed by atoms with Crippen LogP contribution in [0.15, 0.2) is 36.4 Å². The molecule has 2 fully saturated rings. The number of carbonyl (C=O) groups excluding carboxylic acids is 2. The second kappa shape index (κ2) is 11.6. The van der Waals surface area contributed by atoms with Crippen LogP contribution < -0.4 is 4.74 Å². The first kappa shape index (κ1) is 28.5. The summed E-state index contributed by atoms with van der Waals surface area (Å²) in [7, 11) is 4.46. The third kappa shape index (κ3) is 6.28. The molecule has 2 aromatic carbocycles. The molecule has 0 aliphatic heterocycles. The molecule has 0 aromatic heterocycles. The van der Waals surface area contributed by atoms with Crippen LogP contribution in [0.2, 0.25) is 0 Å². The van der Waals surface area contributed by atoms with Gasteiger partial charge in [-0.15, -0.1) is 0 Å². The topological polar surface area (TPSA) is 82.1 Å². The molecular formula is C31H42O6. The Bertz CT molecular complexity index is 1120. The summed E-state index contributed by atoms with van der Waals surface area (Å²) in [6, 6.07) is 10.5. The SMILES string of the molecule is COC(=O)c1ccc(O)c([C@@H]2CCCC2(C)C)c1.COC(=O)c1ccc(OC)c([C@@H]2CCCC2(C)C)c1. The van der Waals surface area contributed by atoms with Crippen molar-refractivity contribution in [1.29, 1.82) is 0 Å². The lowest BCUT2D eigenvalue weighted by atomic mass is 9.77. The molecule has 0 amide bonds. The van der Waals surface area contributed by atoms with E-state index in [9.17, 15) is 14.7 Å². The van der Waals surface area contributed by atoms with Gasteiger partial charge in [-0.2, -0.15) is 0 Å². The number of aromatic hydroxyl groups is 1. The van der Waals surface area contributed by atoms with Crippen molar-refractivity contribution in [2.75, 3.05) is 21.3 Å². The Kier molecular flexibility index (Phi) is 8.93. The van der Waals surface area contributed by atoms with Crippen molar-refractivity contribution in [2.45, 2.75) is 78.1 Å². The van der Waals surface area contributed by atoms with Crippen LogP contribution in [0.4, 0.5) is 0 Å². The molecule has 2 saturated carbocycles. The van der Waals surface area contributed by atoms with Crippen molar-refractivity contribution in [3.8, 4) is 11.5 Å². The molecule has 6 heteroatoms. The molecule has 2 aromatic rings. The van der Waals surface area contributed by atoms with Crippen molar-refractivity contribution in [1.82, 2.24) is 0 Å². The van der Waals surface area contributed by atoms with E-state index in [0.717, 1.165) is 36.1 Å². The molecule has 0 bridgehead atoms. The number of phenols is 1.